The van der Waals surface area contributed by atoms with Crippen molar-refractivity contribution in [2.24, 2.45) is 0 Å². The van der Waals surface area contributed by atoms with E-state index in [-0.39, 0.29) is 18.0 Å². The molecule has 178 valence electrons. The minimum atomic E-state index is -3.93. The molecule has 0 aliphatic rings. The van der Waals surface area contributed by atoms with Gasteiger partial charge in [-0.15, -0.1) is 0 Å². The molecule has 0 unspecified atom stereocenters. The third-order valence-electron chi connectivity index (χ3n) is 5.48. The van der Waals surface area contributed by atoms with Crippen molar-refractivity contribution in [3.8, 4) is 5.69 Å². The molecule has 3 rings (SSSR count). The van der Waals surface area contributed by atoms with Gasteiger partial charge in [-0.2, -0.15) is 9.40 Å². The van der Waals surface area contributed by atoms with Gasteiger partial charge >= 0.3 is 0 Å². The molecule has 0 radical (unpaired) electrons. The number of benzene rings is 2. The Morgan fingerprint density at radius 2 is 1.52 bits per heavy atom. The first-order chi connectivity index (χ1) is 15.4. The first-order valence-corrected chi connectivity index (χ1v) is 13.2. The molecule has 0 fully saturated rings. The number of sulfonamides is 2. The number of aromatic nitrogens is 2. The summed E-state index contributed by atoms with van der Waals surface area (Å²) in [4.78, 5) is -0.100. The summed E-state index contributed by atoms with van der Waals surface area (Å²) in [5.41, 5.74) is 3.21. The molecule has 2 aromatic carbocycles. The van der Waals surface area contributed by atoms with Crippen molar-refractivity contribution < 1.29 is 21.2 Å². The summed E-state index contributed by atoms with van der Waals surface area (Å²) < 4.78 is 68.0. The van der Waals surface area contributed by atoms with E-state index in [4.69, 9.17) is 0 Å². The molecule has 0 N–H and O–H groups in total. The molecule has 0 amide bonds. The molecule has 33 heavy (non-hydrogen) atoms. The molecule has 0 bridgehead atoms. The Kier molecular flexibility index (Phi) is 7.37. The van der Waals surface area contributed by atoms with E-state index in [1.165, 1.54) is 18.4 Å². The second-order valence-corrected chi connectivity index (χ2v) is 12.0. The topological polar surface area (TPSA) is 92.6 Å². The fourth-order valence-electron chi connectivity index (χ4n) is 3.35. The maximum Gasteiger partial charge on any atom is 0.242 e. The molecule has 0 saturated heterocycles. The summed E-state index contributed by atoms with van der Waals surface area (Å²) in [6.07, 6.45) is 0. The van der Waals surface area contributed by atoms with Crippen LogP contribution in [0.3, 0.4) is 0 Å². The van der Waals surface area contributed by atoms with Crippen molar-refractivity contribution in [3.63, 3.8) is 0 Å². The molecular weight excluding hydrogens is 467 g/mol. The summed E-state index contributed by atoms with van der Waals surface area (Å²) >= 11 is 0. The van der Waals surface area contributed by atoms with E-state index in [9.17, 15) is 21.2 Å². The average Bonchev–Trinajstić information content (AvgIpc) is 3.06. The Morgan fingerprint density at radius 1 is 0.909 bits per heavy atom. The Bertz CT molecular complexity index is 1320. The zero-order valence-electron chi connectivity index (χ0n) is 18.9. The summed E-state index contributed by atoms with van der Waals surface area (Å²) in [5, 5.41) is 4.54. The van der Waals surface area contributed by atoms with Gasteiger partial charge in [-0.1, -0.05) is 18.2 Å². The van der Waals surface area contributed by atoms with Crippen molar-refractivity contribution >= 4 is 20.0 Å². The first kappa shape index (κ1) is 25.0. The van der Waals surface area contributed by atoms with Crippen LogP contribution in [0.5, 0.6) is 0 Å². The van der Waals surface area contributed by atoms with Crippen LogP contribution in [0, 0.1) is 19.7 Å². The standard InChI is InChI=1S/C22H27FN4O4S2/c1-17-22(18(2)27(24-17)20-8-6-5-7-9-20)16-26(4)32(28,29)15-14-25(3)33(30,31)21-12-10-19(23)11-13-21/h5-13H,14-16H2,1-4H3. The lowest BCUT2D eigenvalue weighted by atomic mass is 10.2. The van der Waals surface area contributed by atoms with Gasteiger partial charge in [0.1, 0.15) is 5.82 Å². The van der Waals surface area contributed by atoms with Gasteiger partial charge in [0.25, 0.3) is 0 Å². The van der Waals surface area contributed by atoms with Crippen LogP contribution in [0.2, 0.25) is 0 Å². The number of para-hydroxylation sites is 1. The number of hydrogen-bond donors (Lipinski definition) is 0. The second-order valence-electron chi connectivity index (χ2n) is 7.75. The Morgan fingerprint density at radius 3 is 2.12 bits per heavy atom. The van der Waals surface area contributed by atoms with Crippen LogP contribution in [0.1, 0.15) is 17.0 Å². The molecule has 0 aliphatic heterocycles. The molecule has 0 atom stereocenters. The van der Waals surface area contributed by atoms with E-state index in [2.05, 4.69) is 5.10 Å². The molecule has 0 saturated carbocycles. The highest BCUT2D eigenvalue weighted by atomic mass is 32.2. The molecule has 1 heterocycles. The lowest BCUT2D eigenvalue weighted by molar-refractivity contribution is 0.450. The van der Waals surface area contributed by atoms with Crippen molar-refractivity contribution in [2.75, 3.05) is 26.4 Å². The smallest absolute Gasteiger partial charge is 0.238 e. The van der Waals surface area contributed by atoms with E-state index in [0.29, 0.717) is 0 Å². The lowest BCUT2D eigenvalue weighted by Crippen LogP contribution is -2.36. The lowest BCUT2D eigenvalue weighted by Gasteiger charge is -2.21. The van der Waals surface area contributed by atoms with Gasteiger partial charge in [0.15, 0.2) is 0 Å². The molecule has 11 heteroatoms. The number of halogens is 1. The minimum Gasteiger partial charge on any atom is -0.238 e. The number of aryl methyl sites for hydroxylation is 1. The first-order valence-electron chi connectivity index (χ1n) is 10.2. The summed E-state index contributed by atoms with van der Waals surface area (Å²) in [7, 11) is -4.94. The summed E-state index contributed by atoms with van der Waals surface area (Å²) in [6, 6.07) is 13.9. The highest BCUT2D eigenvalue weighted by Crippen LogP contribution is 2.21. The van der Waals surface area contributed by atoms with Crippen LogP contribution in [0.25, 0.3) is 5.69 Å². The fourth-order valence-corrected chi connectivity index (χ4v) is 5.78. The fraction of sp³-hybridized carbons (Fsp3) is 0.318. The quantitative estimate of drug-likeness (QED) is 0.456. The predicted molar refractivity (Wildman–Crippen MR) is 125 cm³/mol. The van der Waals surface area contributed by atoms with E-state index < -0.39 is 31.6 Å². The molecule has 3 aromatic rings. The van der Waals surface area contributed by atoms with E-state index in [0.717, 1.165) is 51.2 Å². The maximum atomic E-state index is 13.1. The second kappa shape index (κ2) is 9.72. The van der Waals surface area contributed by atoms with Crippen molar-refractivity contribution in [1.82, 2.24) is 18.4 Å². The molecule has 0 spiro atoms. The maximum absolute atomic E-state index is 13.1. The number of rotatable bonds is 9. The van der Waals surface area contributed by atoms with Crippen molar-refractivity contribution in [2.45, 2.75) is 25.3 Å². The Hall–Kier alpha value is -2.60. The van der Waals surface area contributed by atoms with Gasteiger partial charge in [0.05, 0.1) is 22.0 Å². The van der Waals surface area contributed by atoms with Gasteiger partial charge < -0.3 is 0 Å². The van der Waals surface area contributed by atoms with Crippen LogP contribution in [-0.4, -0.2) is 61.6 Å². The van der Waals surface area contributed by atoms with Gasteiger partial charge in [-0.25, -0.2) is 30.2 Å². The molecule has 1 aromatic heterocycles. The van der Waals surface area contributed by atoms with Crippen LogP contribution >= 0.6 is 0 Å². The van der Waals surface area contributed by atoms with E-state index in [1.807, 2.05) is 44.2 Å². The largest absolute Gasteiger partial charge is 0.242 e. The monoisotopic (exact) mass is 494 g/mol. The summed E-state index contributed by atoms with van der Waals surface area (Å²) in [6.45, 7) is 3.58. The van der Waals surface area contributed by atoms with Crippen LogP contribution in [0.15, 0.2) is 59.5 Å². The normalized spacial score (nSPS) is 12.6. The van der Waals surface area contributed by atoms with Gasteiger partial charge in [0, 0.05) is 38.4 Å². The SMILES string of the molecule is Cc1nn(-c2ccccc2)c(C)c1CN(C)S(=O)(=O)CCN(C)S(=O)(=O)c1ccc(F)cc1. The van der Waals surface area contributed by atoms with Crippen LogP contribution < -0.4 is 0 Å². The predicted octanol–water partition coefficient (Wildman–Crippen LogP) is 2.71. The van der Waals surface area contributed by atoms with E-state index in [1.54, 1.807) is 4.68 Å². The average molecular weight is 495 g/mol. The molecular formula is C22H27FN4O4S2. The van der Waals surface area contributed by atoms with Gasteiger partial charge in [-0.05, 0) is 50.2 Å². The number of hydrogen-bond acceptors (Lipinski definition) is 5. The van der Waals surface area contributed by atoms with E-state index >= 15 is 0 Å². The third kappa shape index (κ3) is 5.49. The third-order valence-corrected chi connectivity index (χ3v) is 9.13. The molecule has 0 aliphatic carbocycles. The minimum absolute atomic E-state index is 0.100. The summed E-state index contributed by atoms with van der Waals surface area (Å²) in [5.74, 6) is -0.951. The van der Waals surface area contributed by atoms with Gasteiger partial charge in [-0.3, -0.25) is 0 Å². The van der Waals surface area contributed by atoms with Gasteiger partial charge in [0.2, 0.25) is 20.0 Å². The van der Waals surface area contributed by atoms with Crippen molar-refractivity contribution in [3.05, 3.63) is 77.4 Å². The highest BCUT2D eigenvalue weighted by molar-refractivity contribution is 7.90. The molecule has 8 nitrogen and oxygen atoms in total. The number of nitrogens with zero attached hydrogens (tertiary/aromatic N) is 4. The highest BCUT2D eigenvalue weighted by Gasteiger charge is 2.26. The van der Waals surface area contributed by atoms with Crippen molar-refractivity contribution in [1.29, 1.82) is 0 Å². The Labute approximate surface area is 194 Å². The zero-order chi connectivity index (χ0) is 24.4. The van der Waals surface area contributed by atoms with Crippen LogP contribution in [-0.2, 0) is 26.6 Å². The zero-order valence-corrected chi connectivity index (χ0v) is 20.6. The van der Waals surface area contributed by atoms with Crippen LogP contribution in [0.4, 0.5) is 4.39 Å². The Balaban J connectivity index is 1.71.